The lowest BCUT2D eigenvalue weighted by Crippen LogP contribution is -2.39. The molecule has 9 heteroatoms. The van der Waals surface area contributed by atoms with Crippen LogP contribution in [0.2, 0.25) is 0 Å². The standard InChI is InChI=1S/C19H22F6O3/c1-2-27-11-12-3-5-13(6-4-12)16(26)28-15-9-7-14(8-10-15)18(21,22)17(20)19(23,24)25/h7-10,12-13,17H,2-6,11H2,1H3. The highest BCUT2D eigenvalue weighted by molar-refractivity contribution is 5.75. The van der Waals surface area contributed by atoms with Gasteiger partial charge in [-0.3, -0.25) is 4.79 Å². The number of benzene rings is 1. The Morgan fingerprint density at radius 2 is 1.64 bits per heavy atom. The number of hydrogen-bond acceptors (Lipinski definition) is 3. The Morgan fingerprint density at radius 3 is 2.14 bits per heavy atom. The summed E-state index contributed by atoms with van der Waals surface area (Å²) in [7, 11) is 0. The van der Waals surface area contributed by atoms with Gasteiger partial charge in [0.05, 0.1) is 5.92 Å². The van der Waals surface area contributed by atoms with Gasteiger partial charge in [0, 0.05) is 18.8 Å². The topological polar surface area (TPSA) is 35.5 Å². The molecule has 1 aliphatic rings. The van der Waals surface area contributed by atoms with E-state index in [1.807, 2.05) is 6.92 Å². The van der Waals surface area contributed by atoms with Gasteiger partial charge in [-0.2, -0.15) is 22.0 Å². The molecule has 1 fully saturated rings. The number of rotatable bonds is 7. The molecule has 0 heterocycles. The lowest BCUT2D eigenvalue weighted by Gasteiger charge is -2.27. The van der Waals surface area contributed by atoms with Gasteiger partial charge in [0.2, 0.25) is 0 Å². The van der Waals surface area contributed by atoms with Crippen molar-refractivity contribution < 1.29 is 40.6 Å². The van der Waals surface area contributed by atoms with Gasteiger partial charge in [0.15, 0.2) is 0 Å². The Hall–Kier alpha value is -1.77. The molecule has 1 unspecified atom stereocenters. The van der Waals surface area contributed by atoms with E-state index < -0.39 is 29.8 Å². The van der Waals surface area contributed by atoms with Gasteiger partial charge >= 0.3 is 18.1 Å². The Labute approximate surface area is 159 Å². The lowest BCUT2D eigenvalue weighted by molar-refractivity contribution is -0.248. The van der Waals surface area contributed by atoms with E-state index in [1.165, 1.54) is 0 Å². The van der Waals surface area contributed by atoms with Crippen LogP contribution in [0, 0.1) is 11.8 Å². The van der Waals surface area contributed by atoms with Crippen LogP contribution in [0.5, 0.6) is 5.75 Å². The van der Waals surface area contributed by atoms with Crippen molar-refractivity contribution >= 4 is 5.97 Å². The molecule has 1 aliphatic carbocycles. The molecule has 0 saturated heterocycles. The number of esters is 1. The van der Waals surface area contributed by atoms with E-state index >= 15 is 0 Å². The average molecular weight is 412 g/mol. The summed E-state index contributed by atoms with van der Waals surface area (Å²) in [5.41, 5.74) is -1.14. The molecule has 0 bridgehead atoms. The molecule has 28 heavy (non-hydrogen) atoms. The van der Waals surface area contributed by atoms with Gasteiger partial charge in [0.1, 0.15) is 5.75 Å². The van der Waals surface area contributed by atoms with Crippen molar-refractivity contribution in [3.63, 3.8) is 0 Å². The van der Waals surface area contributed by atoms with E-state index in [0.717, 1.165) is 25.0 Å². The molecule has 3 nitrogen and oxygen atoms in total. The highest BCUT2D eigenvalue weighted by atomic mass is 19.4. The number of ether oxygens (including phenoxy) is 2. The summed E-state index contributed by atoms with van der Waals surface area (Å²) in [5, 5.41) is 0. The molecule has 0 spiro atoms. The van der Waals surface area contributed by atoms with Crippen molar-refractivity contribution in [3.05, 3.63) is 29.8 Å². The van der Waals surface area contributed by atoms with Crippen LogP contribution in [0.1, 0.15) is 38.2 Å². The number of carbonyl (C=O) groups excluding carboxylic acids is 1. The van der Waals surface area contributed by atoms with Crippen molar-refractivity contribution in [2.24, 2.45) is 11.8 Å². The predicted octanol–water partition coefficient (Wildman–Crippen LogP) is 5.43. The molecule has 158 valence electrons. The summed E-state index contributed by atoms with van der Waals surface area (Å²) in [6, 6.07) is 3.12. The minimum absolute atomic E-state index is 0.0802. The summed E-state index contributed by atoms with van der Waals surface area (Å²) in [6.45, 7) is 3.17. The van der Waals surface area contributed by atoms with Crippen molar-refractivity contribution in [2.45, 2.75) is 50.9 Å². The second-order valence-electron chi connectivity index (χ2n) is 6.85. The molecular weight excluding hydrogens is 390 g/mol. The Morgan fingerprint density at radius 1 is 1.07 bits per heavy atom. The highest BCUT2D eigenvalue weighted by Crippen LogP contribution is 2.42. The van der Waals surface area contributed by atoms with Crippen molar-refractivity contribution in [1.82, 2.24) is 0 Å². The van der Waals surface area contributed by atoms with Crippen LogP contribution in [0.4, 0.5) is 26.3 Å². The molecule has 0 radical (unpaired) electrons. The number of carbonyl (C=O) groups is 1. The summed E-state index contributed by atoms with van der Waals surface area (Å²) in [4.78, 5) is 12.2. The molecular formula is C19H22F6O3. The maximum atomic E-state index is 13.6. The first-order valence-electron chi connectivity index (χ1n) is 9.04. The smallest absolute Gasteiger partial charge is 0.426 e. The zero-order valence-electron chi connectivity index (χ0n) is 15.3. The molecule has 1 atom stereocenters. The van der Waals surface area contributed by atoms with Crippen LogP contribution in [0.3, 0.4) is 0 Å². The Kier molecular flexibility index (Phi) is 7.36. The zero-order chi connectivity index (χ0) is 20.9. The van der Waals surface area contributed by atoms with E-state index in [2.05, 4.69) is 0 Å². The molecule has 1 saturated carbocycles. The fraction of sp³-hybridized carbons (Fsp3) is 0.632. The number of halogens is 6. The maximum absolute atomic E-state index is 13.6. The third-order valence-electron chi connectivity index (χ3n) is 4.80. The van der Waals surface area contributed by atoms with Gasteiger partial charge in [-0.25, -0.2) is 4.39 Å². The molecule has 0 N–H and O–H groups in total. The third kappa shape index (κ3) is 5.62. The van der Waals surface area contributed by atoms with E-state index in [4.69, 9.17) is 9.47 Å². The first kappa shape index (κ1) is 22.5. The number of hydrogen-bond donors (Lipinski definition) is 0. The van der Waals surface area contributed by atoms with Crippen LogP contribution in [0.15, 0.2) is 24.3 Å². The Balaban J connectivity index is 1.93. The summed E-state index contributed by atoms with van der Waals surface area (Å²) < 4.78 is 87.6. The Bertz CT molecular complexity index is 636. The van der Waals surface area contributed by atoms with E-state index in [1.54, 1.807) is 0 Å². The van der Waals surface area contributed by atoms with E-state index in [9.17, 15) is 31.1 Å². The molecule has 0 aromatic heterocycles. The summed E-state index contributed by atoms with van der Waals surface area (Å²) in [5.74, 6) is -5.29. The number of alkyl halides is 6. The summed E-state index contributed by atoms with van der Waals surface area (Å²) >= 11 is 0. The minimum Gasteiger partial charge on any atom is -0.426 e. The SMILES string of the molecule is CCOCC1CCC(C(=O)Oc2ccc(C(F)(F)C(F)C(F)(F)F)cc2)CC1. The third-order valence-corrected chi connectivity index (χ3v) is 4.80. The molecule has 2 rings (SSSR count). The lowest BCUT2D eigenvalue weighted by atomic mass is 9.82. The van der Waals surface area contributed by atoms with Crippen LogP contribution in [0.25, 0.3) is 0 Å². The first-order valence-corrected chi connectivity index (χ1v) is 9.04. The van der Waals surface area contributed by atoms with Crippen LogP contribution >= 0.6 is 0 Å². The normalized spacial score (nSPS) is 22.0. The fourth-order valence-electron chi connectivity index (χ4n) is 3.15. The van der Waals surface area contributed by atoms with Gasteiger partial charge in [-0.15, -0.1) is 0 Å². The molecule has 1 aromatic rings. The van der Waals surface area contributed by atoms with Crippen LogP contribution < -0.4 is 4.74 Å². The van der Waals surface area contributed by atoms with Crippen molar-refractivity contribution in [1.29, 1.82) is 0 Å². The van der Waals surface area contributed by atoms with E-state index in [-0.39, 0.29) is 11.7 Å². The van der Waals surface area contributed by atoms with Gasteiger partial charge in [0.25, 0.3) is 6.17 Å². The highest BCUT2D eigenvalue weighted by Gasteiger charge is 2.57. The fourth-order valence-corrected chi connectivity index (χ4v) is 3.15. The predicted molar refractivity (Wildman–Crippen MR) is 88.9 cm³/mol. The van der Waals surface area contributed by atoms with Gasteiger partial charge < -0.3 is 9.47 Å². The molecule has 0 amide bonds. The average Bonchev–Trinajstić information content (AvgIpc) is 2.65. The molecule has 1 aromatic carbocycles. The second kappa shape index (κ2) is 9.15. The van der Waals surface area contributed by atoms with Crippen LogP contribution in [-0.4, -0.2) is 31.5 Å². The second-order valence-corrected chi connectivity index (χ2v) is 6.85. The van der Waals surface area contributed by atoms with Gasteiger partial charge in [-0.05, 0) is 62.8 Å². The summed E-state index contributed by atoms with van der Waals surface area (Å²) in [6.07, 6.45) is -7.17. The van der Waals surface area contributed by atoms with Crippen LogP contribution in [-0.2, 0) is 15.5 Å². The van der Waals surface area contributed by atoms with Crippen molar-refractivity contribution in [2.75, 3.05) is 13.2 Å². The van der Waals surface area contributed by atoms with Gasteiger partial charge in [-0.1, -0.05) is 0 Å². The molecule has 0 aliphatic heterocycles. The van der Waals surface area contributed by atoms with Crippen molar-refractivity contribution in [3.8, 4) is 5.75 Å². The first-order chi connectivity index (χ1) is 13.1. The largest absolute Gasteiger partial charge is 0.426 e. The minimum atomic E-state index is -5.68. The maximum Gasteiger partial charge on any atom is 0.426 e. The van der Waals surface area contributed by atoms with E-state index in [0.29, 0.717) is 44.1 Å². The zero-order valence-corrected chi connectivity index (χ0v) is 15.3. The monoisotopic (exact) mass is 412 g/mol. The quantitative estimate of drug-likeness (QED) is 0.341.